The maximum Gasteiger partial charge on any atom is 0.242 e. The van der Waals surface area contributed by atoms with Crippen molar-refractivity contribution in [2.75, 3.05) is 19.0 Å². The smallest absolute Gasteiger partial charge is 0.242 e. The molecule has 0 aliphatic heterocycles. The Morgan fingerprint density at radius 1 is 1.28 bits per heavy atom. The molecule has 0 aliphatic rings. The van der Waals surface area contributed by atoms with Gasteiger partial charge in [-0.1, -0.05) is 6.07 Å². The predicted octanol–water partition coefficient (Wildman–Crippen LogP) is 3.12. The first-order valence-corrected chi connectivity index (χ1v) is 7.86. The van der Waals surface area contributed by atoms with E-state index in [1.807, 2.05) is 13.0 Å². The van der Waals surface area contributed by atoms with E-state index in [1.165, 1.54) is 13.2 Å². The van der Waals surface area contributed by atoms with Gasteiger partial charge in [0.2, 0.25) is 5.91 Å². The number of ether oxygens (including phenoxy) is 2. The average Bonchev–Trinajstić information content (AvgIpc) is 2.62. The zero-order valence-electron chi connectivity index (χ0n) is 14.2. The maximum absolute atomic E-state index is 12.3. The summed E-state index contributed by atoms with van der Waals surface area (Å²) < 4.78 is 10.4. The van der Waals surface area contributed by atoms with Crippen LogP contribution in [0.15, 0.2) is 42.5 Å². The number of rotatable bonds is 7. The topological polar surface area (TPSA) is 91.6 Å². The number of anilines is 1. The first kappa shape index (κ1) is 18.1. The van der Waals surface area contributed by atoms with E-state index in [-0.39, 0.29) is 12.2 Å². The van der Waals surface area contributed by atoms with Gasteiger partial charge in [-0.2, -0.15) is 5.26 Å². The summed E-state index contributed by atoms with van der Waals surface area (Å²) in [7, 11) is 1.44. The Bertz CT molecular complexity index is 766. The van der Waals surface area contributed by atoms with E-state index in [1.54, 1.807) is 36.4 Å². The number of aromatic hydroxyl groups is 1. The molecule has 2 N–H and O–H groups in total. The highest BCUT2D eigenvalue weighted by molar-refractivity contribution is 5.94. The van der Waals surface area contributed by atoms with Gasteiger partial charge in [-0.05, 0) is 55.3 Å². The molecule has 130 valence electrons. The van der Waals surface area contributed by atoms with Gasteiger partial charge in [-0.3, -0.25) is 4.79 Å². The molecule has 2 aromatic carbocycles. The Kier molecular flexibility index (Phi) is 6.24. The number of hydrogen-bond acceptors (Lipinski definition) is 5. The highest BCUT2D eigenvalue weighted by atomic mass is 16.5. The predicted molar refractivity (Wildman–Crippen MR) is 93.7 cm³/mol. The summed E-state index contributed by atoms with van der Waals surface area (Å²) in [6.07, 6.45) is 0.218. The number of nitrogens with one attached hydrogen (secondary N) is 1. The number of nitriles is 1. The highest BCUT2D eigenvalue weighted by Gasteiger charge is 2.19. The molecule has 0 saturated heterocycles. The third kappa shape index (κ3) is 4.88. The van der Waals surface area contributed by atoms with Gasteiger partial charge < -0.3 is 19.9 Å². The lowest BCUT2D eigenvalue weighted by Crippen LogP contribution is -2.23. The van der Waals surface area contributed by atoms with E-state index >= 15 is 0 Å². The van der Waals surface area contributed by atoms with E-state index in [2.05, 4.69) is 5.32 Å². The lowest BCUT2D eigenvalue weighted by Gasteiger charge is -2.12. The van der Waals surface area contributed by atoms with E-state index in [0.717, 1.165) is 5.56 Å². The molecular formula is C19H20N2O4. The van der Waals surface area contributed by atoms with Crippen LogP contribution in [-0.4, -0.2) is 24.7 Å². The molecule has 0 spiro atoms. The Hall–Kier alpha value is -3.20. The molecule has 25 heavy (non-hydrogen) atoms. The van der Waals surface area contributed by atoms with Crippen LogP contribution in [0.4, 0.5) is 5.69 Å². The zero-order valence-corrected chi connectivity index (χ0v) is 14.2. The van der Waals surface area contributed by atoms with Crippen LogP contribution in [-0.2, 0) is 11.2 Å². The fourth-order valence-electron chi connectivity index (χ4n) is 2.31. The van der Waals surface area contributed by atoms with Gasteiger partial charge in [0.25, 0.3) is 0 Å². The molecule has 2 rings (SSSR count). The van der Waals surface area contributed by atoms with E-state index in [9.17, 15) is 15.2 Å². The molecule has 0 aliphatic carbocycles. The summed E-state index contributed by atoms with van der Waals surface area (Å²) in [5, 5.41) is 21.7. The van der Waals surface area contributed by atoms with Gasteiger partial charge in [-0.25, -0.2) is 0 Å². The van der Waals surface area contributed by atoms with Gasteiger partial charge in [0.15, 0.2) is 11.5 Å². The summed E-state index contributed by atoms with van der Waals surface area (Å²) in [4.78, 5) is 12.3. The molecule has 0 saturated carbocycles. The number of hydrogen-bond donors (Lipinski definition) is 2. The van der Waals surface area contributed by atoms with Crippen molar-refractivity contribution in [3.05, 3.63) is 48.0 Å². The molecule has 2 aromatic rings. The Morgan fingerprint density at radius 3 is 2.60 bits per heavy atom. The standard InChI is InChI=1S/C19H20N2O4/c1-3-25-16-7-5-15(6-8-16)21-19(23)14(12-20)10-13-4-9-17(22)18(11-13)24-2/h4-9,11,14,22H,3,10H2,1-2H3,(H,21,23)/t14-/m0/s1. The molecule has 0 bridgehead atoms. The largest absolute Gasteiger partial charge is 0.504 e. The van der Waals surface area contributed by atoms with Crippen LogP contribution in [0.2, 0.25) is 0 Å². The van der Waals surface area contributed by atoms with Gasteiger partial charge in [-0.15, -0.1) is 0 Å². The van der Waals surface area contributed by atoms with Gasteiger partial charge in [0.05, 0.1) is 19.8 Å². The van der Waals surface area contributed by atoms with Crippen molar-refractivity contribution in [1.29, 1.82) is 5.26 Å². The minimum absolute atomic E-state index is 0.0126. The zero-order chi connectivity index (χ0) is 18.2. The third-order valence-corrected chi connectivity index (χ3v) is 3.59. The second-order valence-corrected chi connectivity index (χ2v) is 5.34. The maximum atomic E-state index is 12.3. The lowest BCUT2D eigenvalue weighted by molar-refractivity contribution is -0.118. The average molecular weight is 340 g/mol. The van der Waals surface area contributed by atoms with Crippen LogP contribution in [0.1, 0.15) is 12.5 Å². The summed E-state index contributed by atoms with van der Waals surface area (Å²) in [6.45, 7) is 2.46. The Labute approximate surface area is 146 Å². The molecular weight excluding hydrogens is 320 g/mol. The van der Waals surface area contributed by atoms with Crippen LogP contribution in [0, 0.1) is 17.2 Å². The monoisotopic (exact) mass is 340 g/mol. The highest BCUT2D eigenvalue weighted by Crippen LogP contribution is 2.27. The van der Waals surface area contributed by atoms with Gasteiger partial charge in [0.1, 0.15) is 11.7 Å². The molecule has 0 radical (unpaired) electrons. The molecule has 0 fully saturated rings. The van der Waals surface area contributed by atoms with Crippen molar-refractivity contribution in [2.45, 2.75) is 13.3 Å². The number of carbonyl (C=O) groups is 1. The van der Waals surface area contributed by atoms with Crippen molar-refractivity contribution in [1.82, 2.24) is 0 Å². The third-order valence-electron chi connectivity index (χ3n) is 3.59. The minimum atomic E-state index is -0.860. The SMILES string of the molecule is CCOc1ccc(NC(=O)[C@H](C#N)Cc2ccc(O)c(OC)c2)cc1. The fourth-order valence-corrected chi connectivity index (χ4v) is 2.31. The van der Waals surface area contributed by atoms with E-state index in [0.29, 0.717) is 23.8 Å². The van der Waals surface area contributed by atoms with Crippen LogP contribution in [0.25, 0.3) is 0 Å². The number of phenols is 1. The minimum Gasteiger partial charge on any atom is -0.504 e. The molecule has 6 heteroatoms. The van der Waals surface area contributed by atoms with Crippen molar-refractivity contribution >= 4 is 11.6 Å². The van der Waals surface area contributed by atoms with Crippen molar-refractivity contribution in [3.63, 3.8) is 0 Å². The van der Waals surface area contributed by atoms with Gasteiger partial charge in [0, 0.05) is 5.69 Å². The van der Waals surface area contributed by atoms with Crippen molar-refractivity contribution in [2.24, 2.45) is 5.92 Å². The number of benzene rings is 2. The second kappa shape index (κ2) is 8.60. The van der Waals surface area contributed by atoms with Crippen molar-refractivity contribution in [3.8, 4) is 23.3 Å². The molecule has 1 atom stereocenters. The number of amides is 1. The van der Waals surface area contributed by atoms with E-state index < -0.39 is 11.8 Å². The number of phenolic OH excluding ortho intramolecular Hbond substituents is 1. The van der Waals surface area contributed by atoms with Crippen LogP contribution in [0.3, 0.4) is 0 Å². The van der Waals surface area contributed by atoms with E-state index in [4.69, 9.17) is 9.47 Å². The molecule has 0 unspecified atom stereocenters. The van der Waals surface area contributed by atoms with Crippen molar-refractivity contribution < 1.29 is 19.4 Å². The number of methoxy groups -OCH3 is 1. The summed E-state index contributed by atoms with van der Waals surface area (Å²) >= 11 is 0. The van der Waals surface area contributed by atoms with Crippen LogP contribution in [0.5, 0.6) is 17.2 Å². The summed E-state index contributed by atoms with van der Waals surface area (Å²) in [5.74, 6) is -0.215. The summed E-state index contributed by atoms with van der Waals surface area (Å²) in [5.41, 5.74) is 1.32. The molecule has 0 heterocycles. The molecule has 0 aromatic heterocycles. The van der Waals surface area contributed by atoms with Crippen LogP contribution >= 0.6 is 0 Å². The molecule has 1 amide bonds. The number of carbonyl (C=O) groups excluding carboxylic acids is 1. The summed E-state index contributed by atoms with van der Waals surface area (Å²) in [6, 6.07) is 13.7. The lowest BCUT2D eigenvalue weighted by atomic mass is 9.99. The quantitative estimate of drug-likeness (QED) is 0.808. The first-order chi connectivity index (χ1) is 12.1. The Balaban J connectivity index is 2.04. The molecule has 6 nitrogen and oxygen atoms in total. The second-order valence-electron chi connectivity index (χ2n) is 5.34. The van der Waals surface area contributed by atoms with Crippen LogP contribution < -0.4 is 14.8 Å². The number of nitrogens with zero attached hydrogens (tertiary/aromatic N) is 1. The first-order valence-electron chi connectivity index (χ1n) is 7.86. The fraction of sp³-hybridized carbons (Fsp3) is 0.263. The van der Waals surface area contributed by atoms with Gasteiger partial charge >= 0.3 is 0 Å². The Morgan fingerprint density at radius 2 is 2.00 bits per heavy atom. The normalized spacial score (nSPS) is 11.2.